The van der Waals surface area contributed by atoms with Crippen molar-refractivity contribution in [2.45, 2.75) is 43.7 Å². The molecule has 11 heteroatoms. The van der Waals surface area contributed by atoms with E-state index in [0.29, 0.717) is 34.6 Å². The van der Waals surface area contributed by atoms with Crippen molar-refractivity contribution in [1.29, 1.82) is 0 Å². The number of aromatic nitrogens is 2. The predicted octanol–water partition coefficient (Wildman–Crippen LogP) is 2.62. The lowest BCUT2D eigenvalue weighted by molar-refractivity contribution is -0.116. The molecule has 1 aliphatic rings. The number of rotatable bonds is 7. The molecule has 1 N–H and O–H groups in total. The number of amides is 1. The van der Waals surface area contributed by atoms with Gasteiger partial charge in [0, 0.05) is 30.2 Å². The minimum Gasteiger partial charge on any atom is -0.497 e. The van der Waals surface area contributed by atoms with E-state index in [2.05, 4.69) is 10.3 Å². The molecule has 0 saturated carbocycles. The molecule has 0 radical (unpaired) electrons. The SMILES string of the molecule is COc1ccc(NC(=O)Cn2c(=O)ncc3cc(S(=O)(=O)N4CCCC[C@@H]4C)ccc32)c(OC)c1. The number of piperidine rings is 1. The summed E-state index contributed by atoms with van der Waals surface area (Å²) in [5.74, 6) is 0.505. The summed E-state index contributed by atoms with van der Waals surface area (Å²) in [6.07, 6.45) is 3.98. The molecule has 1 saturated heterocycles. The Morgan fingerprint density at radius 2 is 1.94 bits per heavy atom. The van der Waals surface area contributed by atoms with Crippen LogP contribution in [0.3, 0.4) is 0 Å². The highest BCUT2D eigenvalue weighted by Gasteiger charge is 2.31. The second-order valence-electron chi connectivity index (χ2n) is 8.42. The van der Waals surface area contributed by atoms with Gasteiger partial charge in [0.1, 0.15) is 18.0 Å². The Labute approximate surface area is 203 Å². The number of ether oxygens (including phenoxy) is 2. The molecule has 1 aliphatic heterocycles. The van der Waals surface area contributed by atoms with Crippen molar-refractivity contribution in [3.8, 4) is 11.5 Å². The summed E-state index contributed by atoms with van der Waals surface area (Å²) in [4.78, 5) is 29.3. The van der Waals surface area contributed by atoms with Crippen molar-refractivity contribution in [2.24, 2.45) is 0 Å². The zero-order valence-electron chi connectivity index (χ0n) is 19.9. The molecule has 10 nitrogen and oxygen atoms in total. The number of fused-ring (bicyclic) bond motifs is 1. The van der Waals surface area contributed by atoms with Crippen molar-refractivity contribution in [2.75, 3.05) is 26.1 Å². The molecular formula is C24H28N4O6S. The van der Waals surface area contributed by atoms with Gasteiger partial charge in [-0.05, 0) is 50.1 Å². The van der Waals surface area contributed by atoms with Crippen LogP contribution < -0.4 is 20.5 Å². The van der Waals surface area contributed by atoms with Crippen LogP contribution in [0.15, 0.2) is 52.3 Å². The number of hydrogen-bond donors (Lipinski definition) is 1. The molecule has 2 aromatic carbocycles. The van der Waals surface area contributed by atoms with Gasteiger partial charge in [-0.15, -0.1) is 0 Å². The van der Waals surface area contributed by atoms with Gasteiger partial charge in [-0.25, -0.2) is 18.2 Å². The van der Waals surface area contributed by atoms with Crippen LogP contribution in [-0.2, 0) is 21.4 Å². The second-order valence-corrected chi connectivity index (χ2v) is 10.3. The number of benzene rings is 2. The number of methoxy groups -OCH3 is 2. The first kappa shape index (κ1) is 24.7. The molecule has 1 atom stereocenters. The van der Waals surface area contributed by atoms with Crippen LogP contribution in [0.5, 0.6) is 11.5 Å². The Morgan fingerprint density at radius 3 is 2.66 bits per heavy atom. The normalized spacial score (nSPS) is 16.7. The highest BCUT2D eigenvalue weighted by molar-refractivity contribution is 7.89. The maximum Gasteiger partial charge on any atom is 0.348 e. The summed E-state index contributed by atoms with van der Waals surface area (Å²) in [6.45, 7) is 2.08. The van der Waals surface area contributed by atoms with Crippen molar-refractivity contribution < 1.29 is 22.7 Å². The van der Waals surface area contributed by atoms with E-state index < -0.39 is 21.6 Å². The van der Waals surface area contributed by atoms with Crippen LogP contribution in [0.25, 0.3) is 10.9 Å². The Bertz CT molecular complexity index is 1420. The van der Waals surface area contributed by atoms with Crippen molar-refractivity contribution in [1.82, 2.24) is 13.9 Å². The first-order chi connectivity index (χ1) is 16.7. The Balaban J connectivity index is 1.62. The standard InChI is InChI=1S/C24H28N4O6S/c1-16-6-4-5-11-28(16)35(31,32)19-8-10-21-17(12-19)14-25-24(30)27(21)15-23(29)26-20-9-7-18(33-2)13-22(20)34-3/h7-10,12-14,16H,4-6,11,15H2,1-3H3,(H,26,29)/t16-/m0/s1. The molecule has 4 rings (SSSR count). The van der Waals surface area contributed by atoms with Crippen molar-refractivity contribution >= 4 is 32.5 Å². The van der Waals surface area contributed by atoms with Gasteiger partial charge in [0.05, 0.1) is 30.3 Å². The Hall–Kier alpha value is -3.44. The lowest BCUT2D eigenvalue weighted by atomic mass is 10.1. The molecule has 0 bridgehead atoms. The molecule has 0 aliphatic carbocycles. The van der Waals surface area contributed by atoms with E-state index in [1.54, 1.807) is 24.3 Å². The van der Waals surface area contributed by atoms with E-state index in [0.717, 1.165) is 19.3 Å². The number of hydrogen-bond acceptors (Lipinski definition) is 7. The second kappa shape index (κ2) is 10.0. The summed E-state index contributed by atoms with van der Waals surface area (Å²) in [5.41, 5.74) is 0.214. The van der Waals surface area contributed by atoms with Gasteiger partial charge in [-0.3, -0.25) is 9.36 Å². The third kappa shape index (κ3) is 5.01. The lowest BCUT2D eigenvalue weighted by Crippen LogP contribution is -2.41. The van der Waals surface area contributed by atoms with E-state index in [1.165, 1.54) is 41.4 Å². The average molecular weight is 501 g/mol. The number of carbonyl (C=O) groups excluding carboxylic acids is 1. The fraction of sp³-hybridized carbons (Fsp3) is 0.375. The summed E-state index contributed by atoms with van der Waals surface area (Å²) in [6, 6.07) is 9.38. The first-order valence-corrected chi connectivity index (χ1v) is 12.7. The fourth-order valence-electron chi connectivity index (χ4n) is 4.29. The molecule has 1 aromatic heterocycles. The quantitative estimate of drug-likeness (QED) is 0.529. The molecule has 0 unspecified atom stereocenters. The van der Waals surface area contributed by atoms with E-state index in [4.69, 9.17) is 9.47 Å². The molecule has 1 amide bonds. The maximum absolute atomic E-state index is 13.2. The van der Waals surface area contributed by atoms with Crippen LogP contribution in [0.4, 0.5) is 5.69 Å². The highest BCUT2D eigenvalue weighted by Crippen LogP contribution is 2.29. The zero-order chi connectivity index (χ0) is 25.2. The number of sulfonamides is 1. The Kier molecular flexibility index (Phi) is 7.08. The Morgan fingerprint density at radius 1 is 1.14 bits per heavy atom. The maximum atomic E-state index is 13.2. The van der Waals surface area contributed by atoms with Crippen molar-refractivity contribution in [3.05, 3.63) is 53.1 Å². The van der Waals surface area contributed by atoms with Crippen LogP contribution >= 0.6 is 0 Å². The summed E-state index contributed by atoms with van der Waals surface area (Å²) >= 11 is 0. The van der Waals surface area contributed by atoms with Gasteiger partial charge in [-0.1, -0.05) is 6.42 Å². The fourth-order valence-corrected chi connectivity index (χ4v) is 6.03. The van der Waals surface area contributed by atoms with E-state index in [-0.39, 0.29) is 17.5 Å². The molecule has 0 spiro atoms. The van der Waals surface area contributed by atoms with Crippen molar-refractivity contribution in [3.63, 3.8) is 0 Å². The topological polar surface area (TPSA) is 120 Å². The molecule has 186 valence electrons. The predicted molar refractivity (Wildman–Crippen MR) is 131 cm³/mol. The number of nitrogens with one attached hydrogen (secondary N) is 1. The monoisotopic (exact) mass is 500 g/mol. The molecular weight excluding hydrogens is 472 g/mol. The third-order valence-corrected chi connectivity index (χ3v) is 8.18. The average Bonchev–Trinajstić information content (AvgIpc) is 2.85. The molecule has 2 heterocycles. The summed E-state index contributed by atoms with van der Waals surface area (Å²) < 4.78 is 39.7. The summed E-state index contributed by atoms with van der Waals surface area (Å²) in [5, 5.41) is 3.18. The summed E-state index contributed by atoms with van der Waals surface area (Å²) in [7, 11) is -0.692. The van der Waals surface area contributed by atoms with Crippen LogP contribution in [0.2, 0.25) is 0 Å². The third-order valence-electron chi connectivity index (χ3n) is 6.17. The molecule has 3 aromatic rings. The van der Waals surface area contributed by atoms with E-state index >= 15 is 0 Å². The van der Waals surface area contributed by atoms with Crippen LogP contribution in [0.1, 0.15) is 26.2 Å². The minimum atomic E-state index is -3.69. The number of carbonyl (C=O) groups is 1. The zero-order valence-corrected chi connectivity index (χ0v) is 20.7. The molecule has 35 heavy (non-hydrogen) atoms. The van der Waals surface area contributed by atoms with Gasteiger partial charge in [-0.2, -0.15) is 4.31 Å². The largest absolute Gasteiger partial charge is 0.497 e. The number of nitrogens with zero attached hydrogens (tertiary/aromatic N) is 3. The molecule has 1 fully saturated rings. The van der Waals surface area contributed by atoms with E-state index in [9.17, 15) is 18.0 Å². The van der Waals surface area contributed by atoms with Crippen LogP contribution in [-0.4, -0.2) is 55.0 Å². The minimum absolute atomic E-state index is 0.0739. The first-order valence-electron chi connectivity index (χ1n) is 11.3. The smallest absolute Gasteiger partial charge is 0.348 e. The van der Waals surface area contributed by atoms with Gasteiger partial charge in [0.25, 0.3) is 0 Å². The van der Waals surface area contributed by atoms with E-state index in [1.807, 2.05) is 6.92 Å². The van der Waals surface area contributed by atoms with Gasteiger partial charge in [0.2, 0.25) is 15.9 Å². The van der Waals surface area contributed by atoms with Crippen LogP contribution in [0, 0.1) is 0 Å². The lowest BCUT2D eigenvalue weighted by Gasteiger charge is -2.32. The number of anilines is 1. The van der Waals surface area contributed by atoms with Gasteiger partial charge >= 0.3 is 5.69 Å². The van der Waals surface area contributed by atoms with Gasteiger partial charge in [0.15, 0.2) is 0 Å². The highest BCUT2D eigenvalue weighted by atomic mass is 32.2. The van der Waals surface area contributed by atoms with Gasteiger partial charge < -0.3 is 14.8 Å².